The third-order valence-corrected chi connectivity index (χ3v) is 8.49. The number of aromatic nitrogens is 2. The van der Waals surface area contributed by atoms with E-state index in [1.54, 1.807) is 18.2 Å². The smallest absolute Gasteiger partial charge is 0.243 e. The molecule has 1 fully saturated rings. The van der Waals surface area contributed by atoms with Crippen LogP contribution in [-0.2, 0) is 26.1 Å². The van der Waals surface area contributed by atoms with Crippen LogP contribution in [0.5, 0.6) is 0 Å². The molecular formula is C23H28N4O4S2. The number of fused-ring (bicyclic) bond motifs is 1. The minimum absolute atomic E-state index is 0.0818. The van der Waals surface area contributed by atoms with Crippen molar-refractivity contribution in [2.75, 3.05) is 32.1 Å². The summed E-state index contributed by atoms with van der Waals surface area (Å²) in [5, 5.41) is 3.70. The number of benzene rings is 2. The van der Waals surface area contributed by atoms with Crippen LogP contribution >= 0.6 is 11.8 Å². The average Bonchev–Trinajstić information content (AvgIpc) is 3.20. The van der Waals surface area contributed by atoms with Gasteiger partial charge >= 0.3 is 0 Å². The first-order valence-electron chi connectivity index (χ1n) is 11.0. The number of rotatable bonds is 8. The van der Waals surface area contributed by atoms with Crippen molar-refractivity contribution < 1.29 is 17.9 Å². The van der Waals surface area contributed by atoms with Gasteiger partial charge < -0.3 is 14.6 Å². The van der Waals surface area contributed by atoms with Crippen molar-refractivity contribution in [1.29, 1.82) is 0 Å². The Morgan fingerprint density at radius 2 is 1.91 bits per heavy atom. The van der Waals surface area contributed by atoms with Crippen molar-refractivity contribution in [2.45, 2.75) is 36.5 Å². The second-order valence-corrected chi connectivity index (χ2v) is 10.7. The van der Waals surface area contributed by atoms with Crippen molar-refractivity contribution in [3.63, 3.8) is 0 Å². The highest BCUT2D eigenvalue weighted by Gasteiger charge is 2.27. The minimum Gasteiger partial charge on any atom is -0.379 e. The quantitative estimate of drug-likeness (QED) is 0.490. The summed E-state index contributed by atoms with van der Waals surface area (Å²) < 4.78 is 34.7. The first kappa shape index (κ1) is 23.7. The number of hydrogen-bond acceptors (Lipinski definition) is 6. The summed E-state index contributed by atoms with van der Waals surface area (Å²) in [7, 11) is -3.60. The number of nitrogens with one attached hydrogen (secondary N) is 1. The Hall–Kier alpha value is -2.40. The summed E-state index contributed by atoms with van der Waals surface area (Å²) in [4.78, 5) is 17.4. The first-order chi connectivity index (χ1) is 15.9. The molecular weight excluding hydrogens is 460 g/mol. The zero-order valence-electron chi connectivity index (χ0n) is 18.7. The third kappa shape index (κ3) is 5.24. The van der Waals surface area contributed by atoms with Gasteiger partial charge in [0.15, 0.2) is 5.16 Å². The molecule has 1 aliphatic rings. The Kier molecular flexibility index (Phi) is 7.38. The van der Waals surface area contributed by atoms with Gasteiger partial charge in [0.1, 0.15) is 0 Å². The molecule has 1 aliphatic heterocycles. The second-order valence-electron chi connectivity index (χ2n) is 7.79. The van der Waals surface area contributed by atoms with Gasteiger partial charge in [0.05, 0.1) is 40.9 Å². The topological polar surface area (TPSA) is 93.5 Å². The molecule has 10 heteroatoms. The molecule has 176 valence electrons. The van der Waals surface area contributed by atoms with E-state index in [2.05, 4.69) is 10.3 Å². The first-order valence-corrected chi connectivity index (χ1v) is 13.4. The van der Waals surface area contributed by atoms with Crippen molar-refractivity contribution >= 4 is 38.7 Å². The molecule has 1 saturated heterocycles. The lowest BCUT2D eigenvalue weighted by Crippen LogP contribution is -2.40. The molecule has 1 unspecified atom stereocenters. The van der Waals surface area contributed by atoms with Gasteiger partial charge in [-0.2, -0.15) is 4.31 Å². The summed E-state index contributed by atoms with van der Waals surface area (Å²) in [6.07, 6.45) is 0. The molecule has 8 nitrogen and oxygen atoms in total. The molecule has 0 bridgehead atoms. The number of amides is 1. The van der Waals surface area contributed by atoms with Crippen LogP contribution < -0.4 is 5.32 Å². The van der Waals surface area contributed by atoms with Gasteiger partial charge in [-0.25, -0.2) is 13.4 Å². The molecule has 0 saturated carbocycles. The Balaban J connectivity index is 1.49. The molecule has 1 amide bonds. The van der Waals surface area contributed by atoms with E-state index in [0.717, 1.165) is 11.1 Å². The second kappa shape index (κ2) is 10.3. The number of carbonyl (C=O) groups is 1. The van der Waals surface area contributed by atoms with Crippen LogP contribution in [0, 0.1) is 0 Å². The van der Waals surface area contributed by atoms with E-state index >= 15 is 0 Å². The monoisotopic (exact) mass is 488 g/mol. The van der Waals surface area contributed by atoms with Gasteiger partial charge in [-0.15, -0.1) is 0 Å². The maximum atomic E-state index is 13.0. The molecule has 4 rings (SSSR count). The van der Waals surface area contributed by atoms with Gasteiger partial charge in [0.25, 0.3) is 0 Å². The molecule has 1 aromatic heterocycles. The van der Waals surface area contributed by atoms with E-state index in [1.165, 1.54) is 16.1 Å². The third-order valence-electron chi connectivity index (χ3n) is 5.62. The van der Waals surface area contributed by atoms with Gasteiger partial charge in [-0.05, 0) is 37.6 Å². The Morgan fingerprint density at radius 1 is 1.18 bits per heavy atom. The maximum absolute atomic E-state index is 13.0. The predicted octanol–water partition coefficient (Wildman–Crippen LogP) is 3.05. The van der Waals surface area contributed by atoms with Crippen LogP contribution in [-0.4, -0.2) is 60.2 Å². The lowest BCUT2D eigenvalue weighted by Gasteiger charge is -2.26. The highest BCUT2D eigenvalue weighted by molar-refractivity contribution is 7.99. The van der Waals surface area contributed by atoms with Gasteiger partial charge in [0, 0.05) is 19.6 Å². The standard InChI is InChI=1S/C23H28N4O4S2/c1-3-27-21-10-9-19(33(29,30)26-11-13-31-14-12-26)15-20(21)25-23(27)32-16-22(28)24-17(2)18-7-5-4-6-8-18/h4-10,15,17H,3,11-14,16H2,1-2H3,(H,24,28). The molecule has 2 aromatic carbocycles. The highest BCUT2D eigenvalue weighted by atomic mass is 32.2. The lowest BCUT2D eigenvalue weighted by molar-refractivity contribution is -0.119. The molecule has 0 spiro atoms. The molecule has 0 aliphatic carbocycles. The van der Waals surface area contributed by atoms with Crippen molar-refractivity contribution in [1.82, 2.24) is 19.2 Å². The molecule has 0 radical (unpaired) electrons. The number of sulfonamides is 1. The van der Waals surface area contributed by atoms with E-state index < -0.39 is 10.0 Å². The molecule has 2 heterocycles. The van der Waals surface area contributed by atoms with E-state index in [9.17, 15) is 13.2 Å². The normalized spacial score (nSPS) is 16.1. The molecule has 33 heavy (non-hydrogen) atoms. The summed E-state index contributed by atoms with van der Waals surface area (Å²) in [6, 6.07) is 14.8. The van der Waals surface area contributed by atoms with Gasteiger partial charge in [-0.1, -0.05) is 42.1 Å². The fourth-order valence-electron chi connectivity index (χ4n) is 3.84. The van der Waals surface area contributed by atoms with Crippen LogP contribution in [0.4, 0.5) is 0 Å². The highest BCUT2D eigenvalue weighted by Crippen LogP contribution is 2.27. The number of thioether (sulfide) groups is 1. The minimum atomic E-state index is -3.60. The fourth-order valence-corrected chi connectivity index (χ4v) is 6.16. The van der Waals surface area contributed by atoms with E-state index in [1.807, 2.05) is 48.7 Å². The Labute approximate surface area is 198 Å². The summed E-state index contributed by atoms with van der Waals surface area (Å²) in [5.41, 5.74) is 2.50. The van der Waals surface area contributed by atoms with Crippen LogP contribution in [0.3, 0.4) is 0 Å². The SMILES string of the molecule is CCn1c(SCC(=O)NC(C)c2ccccc2)nc2cc(S(=O)(=O)N3CCOCC3)ccc21. The van der Waals surface area contributed by atoms with Crippen LogP contribution in [0.25, 0.3) is 11.0 Å². The predicted molar refractivity (Wildman–Crippen MR) is 129 cm³/mol. The maximum Gasteiger partial charge on any atom is 0.243 e. The van der Waals surface area contributed by atoms with E-state index in [4.69, 9.17) is 4.74 Å². The van der Waals surface area contributed by atoms with E-state index in [0.29, 0.717) is 43.5 Å². The lowest BCUT2D eigenvalue weighted by atomic mass is 10.1. The number of ether oxygens (including phenoxy) is 1. The van der Waals surface area contributed by atoms with Crippen molar-refractivity contribution in [2.24, 2.45) is 0 Å². The van der Waals surface area contributed by atoms with E-state index in [-0.39, 0.29) is 22.6 Å². The molecule has 1 atom stereocenters. The number of hydrogen-bond donors (Lipinski definition) is 1. The zero-order chi connectivity index (χ0) is 23.4. The Morgan fingerprint density at radius 3 is 2.61 bits per heavy atom. The van der Waals surface area contributed by atoms with Crippen molar-refractivity contribution in [3.8, 4) is 0 Å². The van der Waals surface area contributed by atoms with Gasteiger partial charge in [0.2, 0.25) is 15.9 Å². The van der Waals surface area contributed by atoms with Crippen LogP contribution in [0.1, 0.15) is 25.5 Å². The summed E-state index contributed by atoms with van der Waals surface area (Å²) in [5.74, 6) is 0.140. The molecule has 3 aromatic rings. The largest absolute Gasteiger partial charge is 0.379 e. The number of morpholine rings is 1. The fraction of sp³-hybridized carbons (Fsp3) is 0.391. The molecule has 1 N–H and O–H groups in total. The number of aryl methyl sites for hydroxylation is 1. The van der Waals surface area contributed by atoms with Crippen molar-refractivity contribution in [3.05, 3.63) is 54.1 Å². The summed E-state index contributed by atoms with van der Waals surface area (Å²) in [6.45, 7) is 6.12. The number of carbonyl (C=O) groups excluding carboxylic acids is 1. The number of nitrogens with zero attached hydrogens (tertiary/aromatic N) is 3. The zero-order valence-corrected chi connectivity index (χ0v) is 20.4. The Bertz CT molecular complexity index is 1220. The van der Waals surface area contributed by atoms with Crippen LogP contribution in [0.15, 0.2) is 58.6 Å². The summed E-state index contributed by atoms with van der Waals surface area (Å²) >= 11 is 1.35. The van der Waals surface area contributed by atoms with Gasteiger partial charge in [-0.3, -0.25) is 4.79 Å². The van der Waals surface area contributed by atoms with Crippen LogP contribution in [0.2, 0.25) is 0 Å². The number of imidazole rings is 1. The average molecular weight is 489 g/mol.